The van der Waals surface area contributed by atoms with Gasteiger partial charge in [-0.05, 0) is 46.5 Å². The van der Waals surface area contributed by atoms with Crippen LogP contribution in [0.5, 0.6) is 0 Å². The van der Waals surface area contributed by atoms with Crippen LogP contribution in [0.15, 0.2) is 66.7 Å². The molecule has 28 heavy (non-hydrogen) atoms. The summed E-state index contributed by atoms with van der Waals surface area (Å²) in [6, 6.07) is 20.7. The molecule has 0 spiro atoms. The quantitative estimate of drug-likeness (QED) is 0.331. The van der Waals surface area contributed by atoms with Gasteiger partial charge in [-0.15, -0.1) is 0 Å². The summed E-state index contributed by atoms with van der Waals surface area (Å²) in [6.45, 7) is 0. The number of methoxy groups -OCH3 is 1. The van der Waals surface area contributed by atoms with Crippen molar-refractivity contribution < 1.29 is 9.53 Å². The third-order valence-electron chi connectivity index (χ3n) is 4.17. The molecule has 0 aliphatic rings. The highest BCUT2D eigenvalue weighted by atomic mass is 35.5. The fourth-order valence-electron chi connectivity index (χ4n) is 2.72. The minimum Gasteiger partial charge on any atom is -0.465 e. The second-order valence-electron chi connectivity index (χ2n) is 6.07. The first-order valence-corrected chi connectivity index (χ1v) is 9.41. The lowest BCUT2D eigenvalue weighted by molar-refractivity contribution is 0.0600. The summed E-state index contributed by atoms with van der Waals surface area (Å²) < 4.78 is 5.01. The van der Waals surface area contributed by atoms with E-state index < -0.39 is 0 Å². The number of hydrogen-bond acceptors (Lipinski definition) is 2. The number of carbonyl (C=O) groups is 1. The predicted octanol–water partition coefficient (Wildman–Crippen LogP) is 7.12. The van der Waals surface area contributed by atoms with Crippen LogP contribution in [0.2, 0.25) is 10.0 Å². The van der Waals surface area contributed by atoms with E-state index in [-0.39, 0.29) is 5.97 Å². The zero-order chi connectivity index (χ0) is 19.9. The van der Waals surface area contributed by atoms with E-state index in [9.17, 15) is 4.79 Å². The van der Waals surface area contributed by atoms with Crippen LogP contribution in [-0.2, 0) is 4.74 Å². The lowest BCUT2D eigenvalue weighted by Gasteiger charge is -2.08. The molecule has 0 N–H and O–H groups in total. The van der Waals surface area contributed by atoms with Crippen molar-refractivity contribution in [2.45, 2.75) is 0 Å². The molecule has 4 heteroatoms. The van der Waals surface area contributed by atoms with Gasteiger partial charge in [0.25, 0.3) is 0 Å². The van der Waals surface area contributed by atoms with Crippen molar-refractivity contribution >= 4 is 53.5 Å². The molecule has 0 heterocycles. The molecule has 0 aliphatic carbocycles. The maximum Gasteiger partial charge on any atom is 0.339 e. The number of esters is 1. The number of carbonyl (C=O) groups excluding carboxylic acids is 1. The summed E-state index contributed by atoms with van der Waals surface area (Å²) in [6.07, 6.45) is 7.67. The molecule has 2 nitrogen and oxygen atoms in total. The van der Waals surface area contributed by atoms with Crippen LogP contribution in [0.1, 0.15) is 32.6 Å². The lowest BCUT2D eigenvalue weighted by atomic mass is 9.99. The van der Waals surface area contributed by atoms with E-state index in [0.29, 0.717) is 15.6 Å². The minimum absolute atomic E-state index is 0.382. The van der Waals surface area contributed by atoms with Crippen molar-refractivity contribution in [2.24, 2.45) is 0 Å². The highest BCUT2D eigenvalue weighted by Gasteiger charge is 2.14. The largest absolute Gasteiger partial charge is 0.465 e. The van der Waals surface area contributed by atoms with Crippen LogP contribution >= 0.6 is 23.2 Å². The maximum atomic E-state index is 12.4. The number of rotatable bonds is 5. The van der Waals surface area contributed by atoms with Crippen molar-refractivity contribution in [3.05, 3.63) is 105 Å². The fraction of sp³-hybridized carbons (Fsp3) is 0.0417. The molecule has 3 aromatic carbocycles. The van der Waals surface area contributed by atoms with Gasteiger partial charge >= 0.3 is 5.97 Å². The van der Waals surface area contributed by atoms with Gasteiger partial charge in [-0.3, -0.25) is 0 Å². The standard InChI is InChI=1S/C24H18Cl2O2/c1-28-24(27)23-19(11-5-17-7-13-21(25)14-8-17)3-2-4-20(23)12-6-18-9-15-22(26)16-10-18/h2-16H,1H3/b11-5+,12-6+. The van der Waals surface area contributed by atoms with Gasteiger partial charge in [0.15, 0.2) is 0 Å². The van der Waals surface area contributed by atoms with Crippen molar-refractivity contribution in [3.8, 4) is 0 Å². The smallest absolute Gasteiger partial charge is 0.339 e. The lowest BCUT2D eigenvalue weighted by Crippen LogP contribution is -2.06. The van der Waals surface area contributed by atoms with Gasteiger partial charge in [-0.2, -0.15) is 0 Å². The normalized spacial score (nSPS) is 11.2. The Balaban J connectivity index is 1.96. The molecule has 0 radical (unpaired) electrons. The van der Waals surface area contributed by atoms with Gasteiger partial charge in [-0.25, -0.2) is 4.79 Å². The molecule has 0 unspecified atom stereocenters. The predicted molar refractivity (Wildman–Crippen MR) is 119 cm³/mol. The molecule has 0 aromatic heterocycles. The molecule has 0 amide bonds. The van der Waals surface area contributed by atoms with Gasteiger partial charge in [0, 0.05) is 10.0 Å². The maximum absolute atomic E-state index is 12.4. The van der Waals surface area contributed by atoms with Crippen LogP contribution in [0.25, 0.3) is 24.3 Å². The molecule has 0 saturated heterocycles. The van der Waals surface area contributed by atoms with Crippen molar-refractivity contribution in [3.63, 3.8) is 0 Å². The average molecular weight is 409 g/mol. The van der Waals surface area contributed by atoms with Crippen LogP contribution in [0.3, 0.4) is 0 Å². The molecule has 3 aromatic rings. The Bertz CT molecular complexity index is 944. The third kappa shape index (κ3) is 5.13. The van der Waals surface area contributed by atoms with E-state index in [0.717, 1.165) is 22.3 Å². The van der Waals surface area contributed by atoms with Crippen molar-refractivity contribution in [2.75, 3.05) is 7.11 Å². The van der Waals surface area contributed by atoms with E-state index in [4.69, 9.17) is 27.9 Å². The summed E-state index contributed by atoms with van der Waals surface area (Å²) in [4.78, 5) is 12.4. The Morgan fingerprint density at radius 2 is 1.14 bits per heavy atom. The van der Waals surface area contributed by atoms with Crippen LogP contribution in [-0.4, -0.2) is 13.1 Å². The van der Waals surface area contributed by atoms with Gasteiger partial charge in [0.1, 0.15) is 0 Å². The SMILES string of the molecule is COC(=O)c1c(/C=C/c2ccc(Cl)cc2)cccc1/C=C/c1ccc(Cl)cc1. The van der Waals surface area contributed by atoms with E-state index >= 15 is 0 Å². The second kappa shape index (κ2) is 9.41. The number of hydrogen-bond donors (Lipinski definition) is 0. The molecule has 0 saturated carbocycles. The Kier molecular flexibility index (Phi) is 6.70. The van der Waals surface area contributed by atoms with Gasteiger partial charge < -0.3 is 4.74 Å². The highest BCUT2D eigenvalue weighted by molar-refractivity contribution is 6.30. The van der Waals surface area contributed by atoms with E-state index in [1.54, 1.807) is 0 Å². The fourth-order valence-corrected chi connectivity index (χ4v) is 2.98. The molecular weight excluding hydrogens is 391 g/mol. The van der Waals surface area contributed by atoms with Gasteiger partial charge in [0.2, 0.25) is 0 Å². The molecule has 0 bridgehead atoms. The second-order valence-corrected chi connectivity index (χ2v) is 6.95. The first-order chi connectivity index (χ1) is 13.6. The summed E-state index contributed by atoms with van der Waals surface area (Å²) in [5.41, 5.74) is 4.05. The topological polar surface area (TPSA) is 26.3 Å². The Hall–Kier alpha value is -2.81. The zero-order valence-corrected chi connectivity index (χ0v) is 16.7. The van der Waals surface area contributed by atoms with Crippen LogP contribution in [0, 0.1) is 0 Å². The molecule has 0 fully saturated rings. The van der Waals surface area contributed by atoms with E-state index in [2.05, 4.69) is 0 Å². The first kappa shape index (κ1) is 19.9. The zero-order valence-electron chi connectivity index (χ0n) is 15.2. The van der Waals surface area contributed by atoms with Gasteiger partial charge in [-0.1, -0.05) is 90.0 Å². The van der Waals surface area contributed by atoms with E-state index in [1.165, 1.54) is 7.11 Å². The monoisotopic (exact) mass is 408 g/mol. The Morgan fingerprint density at radius 3 is 1.54 bits per heavy atom. The van der Waals surface area contributed by atoms with Crippen LogP contribution < -0.4 is 0 Å². The molecule has 140 valence electrons. The summed E-state index contributed by atoms with van der Waals surface area (Å²) >= 11 is 11.9. The summed E-state index contributed by atoms with van der Waals surface area (Å²) in [7, 11) is 1.38. The number of ether oxygens (including phenoxy) is 1. The minimum atomic E-state index is -0.382. The molecule has 0 atom stereocenters. The van der Waals surface area contributed by atoms with Crippen LogP contribution in [0.4, 0.5) is 0 Å². The summed E-state index contributed by atoms with van der Waals surface area (Å²) in [5, 5.41) is 1.36. The van der Waals surface area contributed by atoms with Crippen molar-refractivity contribution in [1.29, 1.82) is 0 Å². The Morgan fingerprint density at radius 1 is 0.714 bits per heavy atom. The summed E-state index contributed by atoms with van der Waals surface area (Å²) in [5.74, 6) is -0.382. The molecular formula is C24H18Cl2O2. The highest BCUT2D eigenvalue weighted by Crippen LogP contribution is 2.22. The number of halogens is 2. The van der Waals surface area contributed by atoms with Gasteiger partial charge in [0.05, 0.1) is 12.7 Å². The third-order valence-corrected chi connectivity index (χ3v) is 4.67. The molecule has 3 rings (SSSR count). The Labute approximate surface area is 174 Å². The average Bonchev–Trinajstić information content (AvgIpc) is 2.72. The number of benzene rings is 3. The first-order valence-electron chi connectivity index (χ1n) is 8.65. The molecule has 0 aliphatic heterocycles. The van der Waals surface area contributed by atoms with Crippen molar-refractivity contribution in [1.82, 2.24) is 0 Å². The van der Waals surface area contributed by atoms with E-state index in [1.807, 2.05) is 91.0 Å².